The molecule has 3 heterocycles. The Labute approximate surface area is 474 Å². The normalized spacial score (nSPS) is 12.5. The first-order chi connectivity index (χ1) is 38.4. The van der Waals surface area contributed by atoms with Crippen molar-refractivity contribution in [3.63, 3.8) is 0 Å². The smallest absolute Gasteiger partial charge is 0.425 e. The van der Waals surface area contributed by atoms with Crippen molar-refractivity contribution >= 4 is 145 Å². The quantitative estimate of drug-likeness (QED) is 0.0179. The highest BCUT2D eigenvalue weighted by molar-refractivity contribution is 7.99. The minimum absolute atomic E-state index is 0.00189. The molecular formula is C46H42N10O19S7. The van der Waals surface area contributed by atoms with E-state index in [0.717, 1.165) is 41.3 Å². The van der Waals surface area contributed by atoms with Gasteiger partial charge in [-0.25, -0.2) is 9.97 Å². The molecule has 0 saturated heterocycles. The third-order valence-electron chi connectivity index (χ3n) is 11.6. The van der Waals surface area contributed by atoms with Gasteiger partial charge in [0, 0.05) is 28.0 Å². The van der Waals surface area contributed by atoms with Crippen molar-refractivity contribution in [1.82, 2.24) is 14.4 Å². The number of thiazole rings is 1. The summed E-state index contributed by atoms with van der Waals surface area (Å²) in [6.45, 7) is 3.84. The number of imidazole rings is 1. The predicted molar refractivity (Wildman–Crippen MR) is 296 cm³/mol. The van der Waals surface area contributed by atoms with Crippen LogP contribution >= 0.6 is 23.1 Å². The average molecular weight is 1260 g/mol. The molecule has 8 rings (SSSR count). The van der Waals surface area contributed by atoms with E-state index in [9.17, 15) is 67.4 Å². The lowest BCUT2D eigenvalue weighted by atomic mass is 10.0. The number of nitrogens with zero attached hydrogens (tertiary/aromatic N) is 10. The summed E-state index contributed by atoms with van der Waals surface area (Å²) in [6, 6.07) is 16.2. The number of thioether (sulfide) groups is 1. The summed E-state index contributed by atoms with van der Waals surface area (Å²) in [5.74, 6) is -0.984. The van der Waals surface area contributed by atoms with Gasteiger partial charge in [0.1, 0.15) is 39.2 Å². The van der Waals surface area contributed by atoms with E-state index in [1.54, 1.807) is 51.1 Å². The molecule has 0 bridgehead atoms. The van der Waals surface area contributed by atoms with E-state index in [2.05, 4.69) is 46.7 Å². The van der Waals surface area contributed by atoms with E-state index in [0.29, 0.717) is 32.8 Å². The second-order valence-corrected chi connectivity index (χ2v) is 25.7. The summed E-state index contributed by atoms with van der Waals surface area (Å²) >= 11 is 1.87. The van der Waals surface area contributed by atoms with Crippen LogP contribution in [0.25, 0.3) is 37.7 Å². The molecule has 0 fully saturated rings. The molecule has 0 amide bonds. The van der Waals surface area contributed by atoms with Gasteiger partial charge in [-0.3, -0.25) is 22.6 Å². The molecule has 82 heavy (non-hydrogen) atoms. The summed E-state index contributed by atoms with van der Waals surface area (Å²) in [5.41, 5.74) is 2.51. The van der Waals surface area contributed by atoms with Crippen molar-refractivity contribution in [3.8, 4) is 23.4 Å². The van der Waals surface area contributed by atoms with Crippen LogP contribution in [0.4, 0.5) is 33.6 Å². The maximum Gasteiger partial charge on any atom is 0.425 e. The number of aliphatic hydroxyl groups is 1. The average Bonchev–Trinajstić information content (AvgIpc) is 3.40. The Balaban J connectivity index is 0.00000234. The largest absolute Gasteiger partial charge is 0.497 e. The van der Waals surface area contributed by atoms with Gasteiger partial charge < -0.3 is 19.7 Å². The molecule has 36 heteroatoms. The van der Waals surface area contributed by atoms with Gasteiger partial charge in [-0.15, -0.1) is 50.0 Å². The number of ether oxygens (including phenoxy) is 2. The number of fused-ring (bicyclic) bond motifs is 6. The first-order valence-corrected chi connectivity index (χ1v) is 31.9. The molecule has 0 aliphatic rings. The summed E-state index contributed by atoms with van der Waals surface area (Å²) < 4.78 is 172. The van der Waals surface area contributed by atoms with Crippen LogP contribution in [-0.2, 0) is 57.7 Å². The lowest BCUT2D eigenvalue weighted by molar-refractivity contribution is 0.283. The molecule has 29 nitrogen and oxygen atoms in total. The van der Waals surface area contributed by atoms with Crippen LogP contribution in [0.2, 0.25) is 0 Å². The number of benzene rings is 5. The van der Waals surface area contributed by atoms with Crippen LogP contribution in [-0.4, -0.2) is 120 Å². The van der Waals surface area contributed by atoms with Crippen molar-refractivity contribution < 1.29 is 84.2 Å². The van der Waals surface area contributed by atoms with Crippen LogP contribution in [0.5, 0.6) is 17.4 Å². The fraction of sp³-hybridized carbons (Fsp3) is 0.239. The fourth-order valence-corrected chi connectivity index (χ4v) is 12.2. The number of nitriles is 1. The highest BCUT2D eigenvalue weighted by Crippen LogP contribution is 2.45. The first kappa shape index (κ1) is 62.1. The summed E-state index contributed by atoms with van der Waals surface area (Å²) in [4.78, 5) is 7.90. The van der Waals surface area contributed by atoms with E-state index < -0.39 is 84.9 Å². The monoisotopic (exact) mass is 1260 g/mol. The number of hydrogen-bond donors (Lipinski definition) is 6. The number of aryl methyl sites for hydroxylation is 2. The molecule has 6 N–H and O–H groups in total. The number of aromatic hydroxyl groups is 1. The van der Waals surface area contributed by atoms with E-state index >= 15 is 0 Å². The van der Waals surface area contributed by atoms with Gasteiger partial charge in [-0.05, 0) is 110 Å². The van der Waals surface area contributed by atoms with Crippen molar-refractivity contribution in [2.45, 2.75) is 54.9 Å². The number of pyridine rings is 1. The second-order valence-electron chi connectivity index (χ2n) is 17.2. The van der Waals surface area contributed by atoms with Gasteiger partial charge in [0.25, 0.3) is 40.5 Å². The van der Waals surface area contributed by atoms with Crippen molar-refractivity contribution in [2.24, 2.45) is 30.7 Å². The second kappa shape index (κ2) is 24.9. The van der Waals surface area contributed by atoms with Crippen LogP contribution in [0.3, 0.4) is 0 Å². The number of hydrogen-bond acceptors (Lipinski definition) is 26. The van der Waals surface area contributed by atoms with Gasteiger partial charge in [-0.1, -0.05) is 11.3 Å². The van der Waals surface area contributed by atoms with Gasteiger partial charge in [0.15, 0.2) is 11.3 Å². The Morgan fingerprint density at radius 1 is 0.744 bits per heavy atom. The fourth-order valence-electron chi connectivity index (χ4n) is 7.88. The molecule has 0 radical (unpaired) electrons. The van der Waals surface area contributed by atoms with Gasteiger partial charge in [-0.2, -0.15) is 44.0 Å². The minimum atomic E-state index is -4.97. The van der Waals surface area contributed by atoms with E-state index in [4.69, 9.17) is 22.1 Å². The summed E-state index contributed by atoms with van der Waals surface area (Å²) in [7, 11) is -20.1. The first-order valence-electron chi connectivity index (χ1n) is 23.0. The van der Waals surface area contributed by atoms with Gasteiger partial charge in [0.2, 0.25) is 11.0 Å². The molecule has 0 atom stereocenters. The van der Waals surface area contributed by atoms with Gasteiger partial charge >= 0.3 is 10.6 Å². The lowest BCUT2D eigenvalue weighted by Gasteiger charge is -2.12. The zero-order valence-corrected chi connectivity index (χ0v) is 48.3. The van der Waals surface area contributed by atoms with E-state index in [1.807, 2.05) is 0 Å². The van der Waals surface area contributed by atoms with Gasteiger partial charge in [0.05, 0.1) is 69.5 Å². The number of methoxy groups -OCH3 is 1. The third-order valence-corrected chi connectivity index (χ3v) is 17.0. The Morgan fingerprint density at radius 2 is 1.37 bits per heavy atom. The number of aliphatic hydroxyl groups excluding tert-OH is 1. The van der Waals surface area contributed by atoms with E-state index in [-0.39, 0.29) is 108 Å². The van der Waals surface area contributed by atoms with E-state index in [1.165, 1.54) is 23.6 Å². The number of aromatic nitrogens is 3. The number of azo groups is 3. The van der Waals surface area contributed by atoms with Crippen molar-refractivity contribution in [3.05, 3.63) is 88.5 Å². The topological polar surface area (TPSA) is 456 Å². The maximum atomic E-state index is 12.6. The maximum absolute atomic E-state index is 12.6. The Morgan fingerprint density at radius 3 is 1.99 bits per heavy atom. The molecule has 3 aromatic heterocycles. The molecule has 0 unspecified atom stereocenters. The van der Waals surface area contributed by atoms with Crippen molar-refractivity contribution in [2.75, 3.05) is 31.0 Å². The lowest BCUT2D eigenvalue weighted by Crippen LogP contribution is -2.08. The molecular weight excluding hydrogens is 1220 g/mol. The van der Waals surface area contributed by atoms with Crippen LogP contribution in [0.15, 0.2) is 106 Å². The van der Waals surface area contributed by atoms with Crippen LogP contribution in [0.1, 0.15) is 40.7 Å². The predicted octanol–water partition coefficient (Wildman–Crippen LogP) is 9.02. The SMILES string of the molecule is COc1ccc2nc3c(C#N)c(C)c(N=Nc4cc(C)c(N=Nc5cc(C)c(N=Nc6nc7c(S(=O)(=O)O)cc8c(CO)cc(S(=O)(=O)O)cc8c7s6)cc5SCCCS(=O)(=O)O)cc4OCCCS(=O)(=O)O)c(O)n3c2c1.O=S(=O)=O. The third kappa shape index (κ3) is 14.7. The minimum Gasteiger partial charge on any atom is -0.497 e. The zero-order valence-electron chi connectivity index (χ0n) is 42.5. The number of rotatable bonds is 20. The highest BCUT2D eigenvalue weighted by Gasteiger charge is 2.25. The molecule has 0 aliphatic heterocycles. The Hall–Kier alpha value is -7.54. The highest BCUT2D eigenvalue weighted by atomic mass is 32.2. The summed E-state index contributed by atoms with van der Waals surface area (Å²) in [6.07, 6.45) is -0.146. The molecule has 0 saturated carbocycles. The Bertz CT molecular complexity index is 4640. The Kier molecular flexibility index (Phi) is 18.8. The molecule has 0 aliphatic carbocycles. The van der Waals surface area contributed by atoms with Crippen LogP contribution in [0, 0.1) is 32.1 Å². The molecule has 5 aromatic carbocycles. The standard InChI is InChI=1S/C46H42N10O16S6.O3S/c1-23-13-35(52-54-41-25(3)31(21-47)44-48-32-8-7-27(71-4)16-37(32)56(44)45(41)58)38(72-9-5-11-75(59,60)61)19-33(23)50-53-36-14-24(2)34(20-39(36)73-10-6-12-76(62,63)64)51-55-46-49-42-40(78(68,69)70)18-29-26(22-57)15-28(77(65,66)67)17-30(29)43(42)74-46;1-4(2)3/h7-8,13-20,57-58H,5-6,9-12,22H2,1-4H3,(H,59,60,61)(H,62,63,64)(H,65,66,67)(H,68,69,70);. The molecule has 0 spiro atoms. The summed E-state index contributed by atoms with van der Waals surface area (Å²) in [5, 5.41) is 58.1. The molecule has 8 aromatic rings. The molecule has 432 valence electrons. The van der Waals surface area contributed by atoms with Crippen LogP contribution < -0.4 is 9.47 Å². The zero-order chi connectivity index (χ0) is 60.2. The van der Waals surface area contributed by atoms with Crippen molar-refractivity contribution in [1.29, 1.82) is 5.26 Å².